The maximum Gasteiger partial charge on any atom is 0.265 e. The Hall–Kier alpha value is -3.19. The number of hydrogen-bond acceptors (Lipinski definition) is 5. The van der Waals surface area contributed by atoms with Gasteiger partial charge in [0.25, 0.3) is 10.0 Å². The minimum absolute atomic E-state index is 0.00139. The number of benzene rings is 3. The number of ether oxygens (including phenoxy) is 2. The van der Waals surface area contributed by atoms with E-state index < -0.39 is 10.0 Å². The monoisotopic (exact) mass is 383 g/mol. The van der Waals surface area contributed by atoms with Gasteiger partial charge in [0.1, 0.15) is 27.6 Å². The number of para-hydroxylation sites is 1. The Morgan fingerprint density at radius 3 is 2.41 bits per heavy atom. The molecular weight excluding hydrogens is 366 g/mol. The fourth-order valence-electron chi connectivity index (χ4n) is 2.99. The van der Waals surface area contributed by atoms with Gasteiger partial charge in [-0.3, -0.25) is 4.72 Å². The van der Waals surface area contributed by atoms with E-state index in [9.17, 15) is 8.42 Å². The highest BCUT2D eigenvalue weighted by Crippen LogP contribution is 2.33. The molecular formula is C20H17NO5S. The van der Waals surface area contributed by atoms with Crippen molar-refractivity contribution in [2.45, 2.75) is 4.90 Å². The first kappa shape index (κ1) is 17.2. The summed E-state index contributed by atoms with van der Waals surface area (Å²) in [4.78, 5) is 0.00139. The summed E-state index contributed by atoms with van der Waals surface area (Å²) in [5.74, 6) is 0.658. The first-order chi connectivity index (χ1) is 13.0. The molecule has 0 unspecified atom stereocenters. The number of anilines is 1. The highest BCUT2D eigenvalue weighted by molar-refractivity contribution is 7.92. The van der Waals surface area contributed by atoms with Gasteiger partial charge in [-0.15, -0.1) is 0 Å². The van der Waals surface area contributed by atoms with Crippen LogP contribution in [0.1, 0.15) is 0 Å². The Bertz CT molecular complexity index is 1240. The molecule has 1 aromatic heterocycles. The van der Waals surface area contributed by atoms with Crippen molar-refractivity contribution in [1.82, 2.24) is 0 Å². The molecule has 0 saturated carbocycles. The summed E-state index contributed by atoms with van der Waals surface area (Å²) in [7, 11) is -0.982. The van der Waals surface area contributed by atoms with Gasteiger partial charge in [-0.2, -0.15) is 0 Å². The number of sulfonamides is 1. The lowest BCUT2D eigenvalue weighted by molar-refractivity contribution is 0.392. The van der Waals surface area contributed by atoms with Gasteiger partial charge in [-0.05, 0) is 36.4 Å². The van der Waals surface area contributed by atoms with E-state index in [1.807, 2.05) is 24.3 Å². The van der Waals surface area contributed by atoms with Crippen LogP contribution in [-0.2, 0) is 10.0 Å². The maximum atomic E-state index is 12.9. The Kier molecular flexibility index (Phi) is 4.16. The lowest BCUT2D eigenvalue weighted by atomic mass is 10.1. The van der Waals surface area contributed by atoms with Crippen LogP contribution in [-0.4, -0.2) is 22.6 Å². The van der Waals surface area contributed by atoms with Gasteiger partial charge in [-0.25, -0.2) is 8.42 Å². The molecule has 0 bridgehead atoms. The molecule has 0 fully saturated rings. The molecule has 3 aromatic carbocycles. The molecule has 27 heavy (non-hydrogen) atoms. The van der Waals surface area contributed by atoms with Crippen molar-refractivity contribution in [3.63, 3.8) is 0 Å². The van der Waals surface area contributed by atoms with Crippen molar-refractivity contribution in [1.29, 1.82) is 0 Å². The Labute approximate surface area is 156 Å². The van der Waals surface area contributed by atoms with Crippen LogP contribution in [0.4, 0.5) is 5.69 Å². The van der Waals surface area contributed by atoms with Gasteiger partial charge in [0.2, 0.25) is 0 Å². The number of hydrogen-bond donors (Lipinski definition) is 1. The second kappa shape index (κ2) is 6.51. The number of methoxy groups -OCH3 is 2. The fourth-order valence-corrected chi connectivity index (χ4v) is 4.23. The number of nitrogens with one attached hydrogen (secondary N) is 1. The van der Waals surface area contributed by atoms with E-state index in [0.717, 1.165) is 16.4 Å². The molecule has 4 aromatic rings. The molecule has 0 amide bonds. The zero-order chi connectivity index (χ0) is 19.0. The standard InChI is InChI=1S/C20H17NO5S/c1-24-14-8-10-19(25-2)20(12-14)27(22,23)21-13-7-9-18-16(11-13)15-5-3-4-6-17(15)26-18/h3-12,21H,1-2H3. The van der Waals surface area contributed by atoms with Crippen LogP contribution >= 0.6 is 0 Å². The largest absolute Gasteiger partial charge is 0.497 e. The second-order valence-corrected chi connectivity index (χ2v) is 7.58. The van der Waals surface area contributed by atoms with Crippen molar-refractivity contribution in [2.24, 2.45) is 0 Å². The van der Waals surface area contributed by atoms with Gasteiger partial charge in [0, 0.05) is 22.5 Å². The molecule has 7 heteroatoms. The Morgan fingerprint density at radius 2 is 1.63 bits per heavy atom. The first-order valence-electron chi connectivity index (χ1n) is 8.18. The van der Waals surface area contributed by atoms with Crippen LogP contribution in [0.25, 0.3) is 21.9 Å². The van der Waals surface area contributed by atoms with Crippen molar-refractivity contribution >= 4 is 37.6 Å². The minimum Gasteiger partial charge on any atom is -0.497 e. The molecule has 0 aliphatic rings. The van der Waals surface area contributed by atoms with Crippen LogP contribution in [0.2, 0.25) is 0 Å². The molecule has 0 aliphatic heterocycles. The topological polar surface area (TPSA) is 77.8 Å². The van der Waals surface area contributed by atoms with Crippen molar-refractivity contribution in [3.8, 4) is 11.5 Å². The van der Waals surface area contributed by atoms with Crippen LogP contribution in [0.3, 0.4) is 0 Å². The number of fused-ring (bicyclic) bond motifs is 3. The van der Waals surface area contributed by atoms with Crippen LogP contribution in [0.5, 0.6) is 11.5 Å². The highest BCUT2D eigenvalue weighted by Gasteiger charge is 2.21. The quantitative estimate of drug-likeness (QED) is 0.552. The molecule has 0 atom stereocenters. The van der Waals surface area contributed by atoms with E-state index in [1.54, 1.807) is 30.3 Å². The summed E-state index contributed by atoms with van der Waals surface area (Å²) < 4.78 is 44.5. The summed E-state index contributed by atoms with van der Waals surface area (Å²) in [6.45, 7) is 0. The maximum absolute atomic E-state index is 12.9. The highest BCUT2D eigenvalue weighted by atomic mass is 32.2. The van der Waals surface area contributed by atoms with E-state index in [2.05, 4.69) is 4.72 Å². The van der Waals surface area contributed by atoms with E-state index in [1.165, 1.54) is 20.3 Å². The molecule has 138 valence electrons. The zero-order valence-corrected chi connectivity index (χ0v) is 15.5. The molecule has 4 rings (SSSR count). The van der Waals surface area contributed by atoms with Crippen LogP contribution in [0, 0.1) is 0 Å². The fraction of sp³-hybridized carbons (Fsp3) is 0.100. The van der Waals surface area contributed by atoms with Gasteiger partial charge in [0.15, 0.2) is 0 Å². The van der Waals surface area contributed by atoms with Crippen LogP contribution in [0.15, 0.2) is 70.0 Å². The van der Waals surface area contributed by atoms with E-state index >= 15 is 0 Å². The molecule has 0 radical (unpaired) electrons. The molecule has 1 N–H and O–H groups in total. The van der Waals surface area contributed by atoms with E-state index in [-0.39, 0.29) is 10.6 Å². The van der Waals surface area contributed by atoms with Gasteiger partial charge < -0.3 is 13.9 Å². The summed E-state index contributed by atoms with van der Waals surface area (Å²) in [5.41, 5.74) is 1.87. The van der Waals surface area contributed by atoms with Crippen molar-refractivity contribution in [3.05, 3.63) is 60.7 Å². The summed E-state index contributed by atoms with van der Waals surface area (Å²) in [6.07, 6.45) is 0. The Balaban J connectivity index is 1.78. The van der Waals surface area contributed by atoms with Crippen LogP contribution < -0.4 is 14.2 Å². The normalized spacial score (nSPS) is 11.6. The van der Waals surface area contributed by atoms with Gasteiger partial charge >= 0.3 is 0 Å². The van der Waals surface area contributed by atoms with Gasteiger partial charge in [0.05, 0.1) is 14.2 Å². The lowest BCUT2D eigenvalue weighted by Crippen LogP contribution is -2.14. The zero-order valence-electron chi connectivity index (χ0n) is 14.7. The predicted octanol–water partition coefficient (Wildman–Crippen LogP) is 4.40. The minimum atomic E-state index is -3.88. The summed E-state index contributed by atoms with van der Waals surface area (Å²) in [6, 6.07) is 17.4. The SMILES string of the molecule is COc1ccc(OC)c(S(=O)(=O)Nc2ccc3oc4ccccc4c3c2)c1. The van der Waals surface area contributed by atoms with E-state index in [0.29, 0.717) is 17.0 Å². The molecule has 0 saturated heterocycles. The molecule has 0 aliphatic carbocycles. The smallest absolute Gasteiger partial charge is 0.265 e. The third-order valence-electron chi connectivity index (χ3n) is 4.29. The lowest BCUT2D eigenvalue weighted by Gasteiger charge is -2.13. The molecule has 0 spiro atoms. The average Bonchev–Trinajstić information content (AvgIpc) is 3.05. The number of rotatable bonds is 5. The van der Waals surface area contributed by atoms with Crippen molar-refractivity contribution in [2.75, 3.05) is 18.9 Å². The Morgan fingerprint density at radius 1 is 0.852 bits per heavy atom. The molecule has 6 nitrogen and oxygen atoms in total. The number of furan rings is 1. The van der Waals surface area contributed by atoms with Crippen molar-refractivity contribution < 1.29 is 22.3 Å². The average molecular weight is 383 g/mol. The third kappa shape index (κ3) is 3.06. The van der Waals surface area contributed by atoms with Gasteiger partial charge in [-0.1, -0.05) is 18.2 Å². The molecule has 1 heterocycles. The summed E-state index contributed by atoms with van der Waals surface area (Å²) in [5, 5.41) is 1.76. The second-order valence-electron chi connectivity index (χ2n) is 5.93. The predicted molar refractivity (Wildman–Crippen MR) is 104 cm³/mol. The van der Waals surface area contributed by atoms with E-state index in [4.69, 9.17) is 13.9 Å². The third-order valence-corrected chi connectivity index (χ3v) is 5.69. The summed E-state index contributed by atoms with van der Waals surface area (Å²) >= 11 is 0. The first-order valence-corrected chi connectivity index (χ1v) is 9.66.